The quantitative estimate of drug-likeness (QED) is 0.866. The molecule has 1 aliphatic heterocycles. The topological polar surface area (TPSA) is 70.1 Å². The fraction of sp³-hybridized carbons (Fsp3) is 0.600. The molecule has 1 atom stereocenters. The molecule has 0 aromatic heterocycles. The highest BCUT2D eigenvalue weighted by Crippen LogP contribution is 2.20. The normalized spacial score (nSPS) is 18.6. The molecule has 1 saturated heterocycles. The molecular formula is C20H30N2O4. The molecule has 0 spiro atoms. The van der Waals surface area contributed by atoms with Crippen LogP contribution >= 0.6 is 0 Å². The van der Waals surface area contributed by atoms with Gasteiger partial charge in [-0.15, -0.1) is 0 Å². The van der Waals surface area contributed by atoms with Crippen LogP contribution in [0.3, 0.4) is 0 Å². The van der Waals surface area contributed by atoms with Crippen LogP contribution in [0.1, 0.15) is 56.5 Å². The summed E-state index contributed by atoms with van der Waals surface area (Å²) in [6.45, 7) is 10.5. The minimum Gasteiger partial charge on any atom is -0.478 e. The van der Waals surface area contributed by atoms with Crippen molar-refractivity contribution in [3.8, 4) is 0 Å². The number of ether oxygens (including phenoxy) is 1. The molecule has 0 saturated carbocycles. The fourth-order valence-electron chi connectivity index (χ4n) is 3.24. The predicted octanol–water partition coefficient (Wildman–Crippen LogP) is 3.61. The van der Waals surface area contributed by atoms with Gasteiger partial charge in [0.15, 0.2) is 0 Å². The average Bonchev–Trinajstić information content (AvgIpc) is 2.55. The van der Waals surface area contributed by atoms with Crippen LogP contribution in [0.2, 0.25) is 0 Å². The molecule has 2 rings (SSSR count). The molecule has 6 nitrogen and oxygen atoms in total. The monoisotopic (exact) mass is 362 g/mol. The number of aromatic carboxylic acids is 1. The Hall–Kier alpha value is -2.08. The van der Waals surface area contributed by atoms with E-state index in [9.17, 15) is 9.59 Å². The van der Waals surface area contributed by atoms with E-state index in [0.29, 0.717) is 25.2 Å². The van der Waals surface area contributed by atoms with Gasteiger partial charge in [0.2, 0.25) is 0 Å². The summed E-state index contributed by atoms with van der Waals surface area (Å²) in [5, 5.41) is 9.17. The molecule has 1 aliphatic rings. The third kappa shape index (κ3) is 5.73. The van der Waals surface area contributed by atoms with Crippen molar-refractivity contribution in [3.63, 3.8) is 0 Å². The summed E-state index contributed by atoms with van der Waals surface area (Å²) in [5.41, 5.74) is 0.796. The predicted molar refractivity (Wildman–Crippen MR) is 100 cm³/mol. The number of amides is 1. The smallest absolute Gasteiger partial charge is 0.410 e. The lowest BCUT2D eigenvalue weighted by Crippen LogP contribution is -2.55. The average molecular weight is 362 g/mol. The Bertz CT molecular complexity index is 639. The van der Waals surface area contributed by atoms with Crippen LogP contribution in [-0.2, 0) is 11.3 Å². The summed E-state index contributed by atoms with van der Waals surface area (Å²) >= 11 is 0. The van der Waals surface area contributed by atoms with Gasteiger partial charge in [-0.1, -0.05) is 25.5 Å². The molecule has 26 heavy (non-hydrogen) atoms. The highest BCUT2D eigenvalue weighted by Gasteiger charge is 2.31. The van der Waals surface area contributed by atoms with Crippen molar-refractivity contribution in [1.29, 1.82) is 0 Å². The van der Waals surface area contributed by atoms with E-state index in [1.165, 1.54) is 0 Å². The van der Waals surface area contributed by atoms with Crippen molar-refractivity contribution < 1.29 is 19.4 Å². The zero-order valence-electron chi connectivity index (χ0n) is 16.2. The molecule has 0 unspecified atom stereocenters. The van der Waals surface area contributed by atoms with Gasteiger partial charge in [-0.2, -0.15) is 0 Å². The van der Waals surface area contributed by atoms with Crippen molar-refractivity contribution in [2.45, 2.75) is 58.7 Å². The lowest BCUT2D eigenvalue weighted by Gasteiger charge is -2.41. The Morgan fingerprint density at radius 3 is 2.62 bits per heavy atom. The van der Waals surface area contributed by atoms with E-state index in [2.05, 4.69) is 11.8 Å². The van der Waals surface area contributed by atoms with E-state index in [0.717, 1.165) is 24.9 Å². The second kappa shape index (κ2) is 8.54. The summed E-state index contributed by atoms with van der Waals surface area (Å²) in [6.07, 6.45) is 1.75. The van der Waals surface area contributed by atoms with Crippen molar-refractivity contribution in [2.75, 3.05) is 19.6 Å². The van der Waals surface area contributed by atoms with Gasteiger partial charge in [-0.05, 0) is 44.9 Å². The van der Waals surface area contributed by atoms with Crippen LogP contribution in [0.5, 0.6) is 0 Å². The van der Waals surface area contributed by atoms with Crippen molar-refractivity contribution >= 4 is 12.1 Å². The zero-order valence-corrected chi connectivity index (χ0v) is 16.2. The van der Waals surface area contributed by atoms with Crippen molar-refractivity contribution in [2.24, 2.45) is 0 Å². The molecule has 1 heterocycles. The van der Waals surface area contributed by atoms with Crippen LogP contribution < -0.4 is 0 Å². The maximum atomic E-state index is 12.4. The summed E-state index contributed by atoms with van der Waals surface area (Å²) in [5.74, 6) is -0.910. The Balaban J connectivity index is 2.05. The molecule has 0 bridgehead atoms. The summed E-state index contributed by atoms with van der Waals surface area (Å²) in [7, 11) is 0. The van der Waals surface area contributed by atoms with Crippen LogP contribution in [0, 0.1) is 0 Å². The minimum atomic E-state index is -0.910. The number of piperazine rings is 1. The first-order valence-corrected chi connectivity index (χ1v) is 9.24. The molecule has 1 aromatic carbocycles. The first-order chi connectivity index (χ1) is 12.2. The summed E-state index contributed by atoms with van der Waals surface area (Å²) in [4.78, 5) is 27.7. The number of benzene rings is 1. The maximum absolute atomic E-state index is 12.4. The number of carboxylic acid groups (broad SMARTS) is 1. The van der Waals surface area contributed by atoms with E-state index >= 15 is 0 Å². The fourth-order valence-corrected chi connectivity index (χ4v) is 3.24. The van der Waals surface area contributed by atoms with E-state index < -0.39 is 11.6 Å². The van der Waals surface area contributed by atoms with E-state index in [1.807, 2.05) is 26.8 Å². The van der Waals surface area contributed by atoms with Gasteiger partial charge in [0.1, 0.15) is 5.60 Å². The van der Waals surface area contributed by atoms with Crippen molar-refractivity contribution in [1.82, 2.24) is 9.80 Å². The van der Waals surface area contributed by atoms with E-state index in [1.54, 1.807) is 23.1 Å². The van der Waals surface area contributed by atoms with Gasteiger partial charge in [0, 0.05) is 32.2 Å². The molecule has 0 aliphatic carbocycles. The van der Waals surface area contributed by atoms with E-state index in [-0.39, 0.29) is 12.1 Å². The number of carbonyl (C=O) groups is 2. The lowest BCUT2D eigenvalue weighted by molar-refractivity contribution is 0.00117. The third-order valence-electron chi connectivity index (χ3n) is 4.44. The lowest BCUT2D eigenvalue weighted by atomic mass is 10.0. The van der Waals surface area contributed by atoms with Gasteiger partial charge in [-0.25, -0.2) is 9.59 Å². The van der Waals surface area contributed by atoms with Crippen molar-refractivity contribution in [3.05, 3.63) is 35.4 Å². The number of hydrogen-bond acceptors (Lipinski definition) is 4. The zero-order chi connectivity index (χ0) is 19.3. The van der Waals surface area contributed by atoms with E-state index in [4.69, 9.17) is 9.84 Å². The molecule has 1 N–H and O–H groups in total. The van der Waals surface area contributed by atoms with Crippen LogP contribution in [-0.4, -0.2) is 58.2 Å². The van der Waals surface area contributed by atoms with Gasteiger partial charge < -0.3 is 14.7 Å². The molecule has 144 valence electrons. The van der Waals surface area contributed by atoms with Gasteiger partial charge in [0.25, 0.3) is 0 Å². The van der Waals surface area contributed by atoms with Gasteiger partial charge in [0.05, 0.1) is 5.56 Å². The van der Waals surface area contributed by atoms with Crippen LogP contribution in [0.25, 0.3) is 0 Å². The molecule has 6 heteroatoms. The molecule has 1 aromatic rings. The Morgan fingerprint density at radius 1 is 1.27 bits per heavy atom. The van der Waals surface area contributed by atoms with Gasteiger partial charge >= 0.3 is 12.1 Å². The Labute approximate surface area is 155 Å². The maximum Gasteiger partial charge on any atom is 0.410 e. The van der Waals surface area contributed by atoms with Crippen LogP contribution in [0.4, 0.5) is 4.79 Å². The largest absolute Gasteiger partial charge is 0.478 e. The molecule has 1 fully saturated rings. The second-order valence-electron chi connectivity index (χ2n) is 7.84. The summed E-state index contributed by atoms with van der Waals surface area (Å²) < 4.78 is 5.50. The highest BCUT2D eigenvalue weighted by molar-refractivity contribution is 5.87. The molecular weight excluding hydrogens is 332 g/mol. The number of carboxylic acids is 1. The number of rotatable bonds is 5. The number of nitrogens with zero attached hydrogens (tertiary/aromatic N) is 2. The van der Waals surface area contributed by atoms with Crippen LogP contribution in [0.15, 0.2) is 24.3 Å². The minimum absolute atomic E-state index is 0.245. The highest BCUT2D eigenvalue weighted by atomic mass is 16.6. The third-order valence-corrected chi connectivity index (χ3v) is 4.44. The SMILES string of the molecule is CCC[C@H]1CN(C(=O)OC(C)(C)C)CCN1Cc1cccc(C(=O)O)c1. The number of hydrogen-bond donors (Lipinski definition) is 1. The first-order valence-electron chi connectivity index (χ1n) is 9.24. The second-order valence-corrected chi connectivity index (χ2v) is 7.84. The Kier molecular flexibility index (Phi) is 6.64. The first kappa shape index (κ1) is 20.2. The number of carbonyl (C=O) groups excluding carboxylic acids is 1. The Morgan fingerprint density at radius 2 is 2.00 bits per heavy atom. The van der Waals surface area contributed by atoms with Gasteiger partial charge in [-0.3, -0.25) is 4.90 Å². The summed E-state index contributed by atoms with van der Waals surface area (Å²) in [6, 6.07) is 7.32. The molecule has 0 radical (unpaired) electrons. The standard InChI is InChI=1S/C20H30N2O4/c1-5-7-17-14-22(19(25)26-20(2,3)4)11-10-21(17)13-15-8-6-9-16(12-15)18(23)24/h6,8-9,12,17H,5,7,10-11,13-14H2,1-4H3,(H,23,24)/t17-/m0/s1. The molecule has 1 amide bonds.